The summed E-state index contributed by atoms with van der Waals surface area (Å²) in [6.07, 6.45) is 1.07. The minimum atomic E-state index is -0.735. The molecule has 0 radical (unpaired) electrons. The van der Waals surface area contributed by atoms with Crippen molar-refractivity contribution >= 4 is 23.9 Å². The van der Waals surface area contributed by atoms with Gasteiger partial charge in [-0.15, -0.1) is 0 Å². The second-order valence-electron chi connectivity index (χ2n) is 4.91. The number of ether oxygens (including phenoxy) is 1. The van der Waals surface area contributed by atoms with Crippen molar-refractivity contribution in [2.24, 2.45) is 5.10 Å². The zero-order valence-corrected chi connectivity index (χ0v) is 13.7. The lowest BCUT2D eigenvalue weighted by atomic mass is 10.1. The van der Waals surface area contributed by atoms with Crippen LogP contribution in [-0.4, -0.2) is 29.8 Å². The van der Waals surface area contributed by atoms with Crippen molar-refractivity contribution in [2.75, 3.05) is 6.61 Å². The van der Waals surface area contributed by atoms with E-state index in [0.29, 0.717) is 11.1 Å². The van der Waals surface area contributed by atoms with Crippen LogP contribution in [0.3, 0.4) is 0 Å². The standard InChI is InChI=1S/C19H18N2O4/c1-2-25-19(24)16(17(22)14-9-5-3-6-10-14)13-20-21-18(23)15-11-7-4-8-12-15/h3-13,22H,2H2,1H3,(H,21,23). The normalized spacial score (nSPS) is 11.7. The van der Waals surface area contributed by atoms with Gasteiger partial charge in [-0.3, -0.25) is 4.79 Å². The van der Waals surface area contributed by atoms with Gasteiger partial charge in [0.2, 0.25) is 0 Å². The van der Waals surface area contributed by atoms with Crippen molar-refractivity contribution in [1.82, 2.24) is 5.43 Å². The predicted octanol–water partition coefficient (Wildman–Crippen LogP) is 2.93. The van der Waals surface area contributed by atoms with Gasteiger partial charge in [0, 0.05) is 11.1 Å². The van der Waals surface area contributed by atoms with Gasteiger partial charge in [-0.2, -0.15) is 5.10 Å². The molecule has 0 aromatic heterocycles. The molecule has 0 unspecified atom stereocenters. The molecule has 1 amide bonds. The summed E-state index contributed by atoms with van der Waals surface area (Å²) >= 11 is 0. The van der Waals surface area contributed by atoms with E-state index in [1.54, 1.807) is 67.6 Å². The van der Waals surface area contributed by atoms with E-state index in [2.05, 4.69) is 10.5 Å². The van der Waals surface area contributed by atoms with Crippen LogP contribution in [-0.2, 0) is 9.53 Å². The molecule has 25 heavy (non-hydrogen) atoms. The van der Waals surface area contributed by atoms with Crippen molar-refractivity contribution in [3.8, 4) is 0 Å². The van der Waals surface area contributed by atoms with Crippen LogP contribution in [0.2, 0.25) is 0 Å². The number of amides is 1. The Balaban J connectivity index is 2.22. The van der Waals surface area contributed by atoms with Crippen molar-refractivity contribution in [3.05, 3.63) is 77.4 Å². The van der Waals surface area contributed by atoms with Crippen molar-refractivity contribution in [2.45, 2.75) is 6.92 Å². The van der Waals surface area contributed by atoms with Crippen LogP contribution >= 0.6 is 0 Å². The first kappa shape index (κ1) is 17.9. The Bertz CT molecular complexity index is 784. The maximum Gasteiger partial charge on any atom is 0.343 e. The van der Waals surface area contributed by atoms with E-state index in [-0.39, 0.29) is 17.9 Å². The van der Waals surface area contributed by atoms with Gasteiger partial charge in [0.25, 0.3) is 5.91 Å². The molecular formula is C19H18N2O4. The number of nitrogens with one attached hydrogen (secondary N) is 1. The van der Waals surface area contributed by atoms with Crippen LogP contribution in [0.15, 0.2) is 71.3 Å². The number of carbonyl (C=O) groups excluding carboxylic acids is 2. The Morgan fingerprint density at radius 3 is 2.16 bits per heavy atom. The monoisotopic (exact) mass is 338 g/mol. The lowest BCUT2D eigenvalue weighted by Crippen LogP contribution is -2.19. The second-order valence-corrected chi connectivity index (χ2v) is 4.91. The summed E-state index contributed by atoms with van der Waals surface area (Å²) in [7, 11) is 0. The van der Waals surface area contributed by atoms with Crippen LogP contribution < -0.4 is 5.43 Å². The Hall–Kier alpha value is -3.41. The quantitative estimate of drug-likeness (QED) is 0.279. The van der Waals surface area contributed by atoms with Crippen LogP contribution in [0, 0.1) is 0 Å². The smallest absolute Gasteiger partial charge is 0.343 e. The molecule has 0 saturated heterocycles. The van der Waals surface area contributed by atoms with Gasteiger partial charge >= 0.3 is 5.97 Å². The van der Waals surface area contributed by atoms with Crippen LogP contribution in [0.1, 0.15) is 22.8 Å². The summed E-state index contributed by atoms with van der Waals surface area (Å²) in [6, 6.07) is 17.0. The van der Waals surface area contributed by atoms with Gasteiger partial charge in [0.15, 0.2) is 0 Å². The topological polar surface area (TPSA) is 88.0 Å². The van der Waals surface area contributed by atoms with Crippen LogP contribution in [0.25, 0.3) is 5.76 Å². The third-order valence-corrected chi connectivity index (χ3v) is 3.19. The number of hydrogen-bond acceptors (Lipinski definition) is 5. The lowest BCUT2D eigenvalue weighted by Gasteiger charge is -2.07. The minimum absolute atomic E-state index is 0.147. The number of aliphatic hydroxyl groups is 1. The van der Waals surface area contributed by atoms with Crippen LogP contribution in [0.5, 0.6) is 0 Å². The molecule has 2 rings (SSSR count). The van der Waals surface area contributed by atoms with Gasteiger partial charge in [-0.25, -0.2) is 10.2 Å². The third-order valence-electron chi connectivity index (χ3n) is 3.19. The largest absolute Gasteiger partial charge is 0.506 e. The van der Waals surface area contributed by atoms with E-state index in [1.165, 1.54) is 0 Å². The molecule has 0 atom stereocenters. The molecular weight excluding hydrogens is 320 g/mol. The van der Waals surface area contributed by atoms with Crippen molar-refractivity contribution in [3.63, 3.8) is 0 Å². The Kier molecular flexibility index (Phi) is 6.47. The first-order chi connectivity index (χ1) is 12.1. The average Bonchev–Trinajstić information content (AvgIpc) is 2.66. The summed E-state index contributed by atoms with van der Waals surface area (Å²) in [5.74, 6) is -1.45. The maximum atomic E-state index is 12.1. The highest BCUT2D eigenvalue weighted by molar-refractivity contribution is 6.15. The summed E-state index contributed by atoms with van der Waals surface area (Å²) in [4.78, 5) is 24.0. The maximum absolute atomic E-state index is 12.1. The first-order valence-electron chi connectivity index (χ1n) is 7.67. The van der Waals surface area contributed by atoms with Gasteiger partial charge in [-0.05, 0) is 19.1 Å². The van der Waals surface area contributed by atoms with Gasteiger partial charge in [0.1, 0.15) is 11.3 Å². The van der Waals surface area contributed by atoms with Gasteiger partial charge in [0.05, 0.1) is 12.8 Å². The fraction of sp³-hybridized carbons (Fsp3) is 0.105. The van der Waals surface area contributed by atoms with Crippen molar-refractivity contribution in [1.29, 1.82) is 0 Å². The molecule has 0 saturated carbocycles. The summed E-state index contributed by atoms with van der Waals surface area (Å²) in [5.41, 5.74) is 3.02. The molecule has 2 aromatic rings. The molecule has 0 bridgehead atoms. The molecule has 0 heterocycles. The minimum Gasteiger partial charge on any atom is -0.506 e. The summed E-state index contributed by atoms with van der Waals surface area (Å²) in [6.45, 7) is 1.80. The molecule has 128 valence electrons. The fourth-order valence-electron chi connectivity index (χ4n) is 1.98. The molecule has 6 heteroatoms. The van der Waals surface area contributed by atoms with E-state index >= 15 is 0 Å². The summed E-state index contributed by atoms with van der Waals surface area (Å²) < 4.78 is 4.93. The molecule has 0 aliphatic rings. The fourth-order valence-corrected chi connectivity index (χ4v) is 1.98. The van der Waals surface area contributed by atoms with E-state index in [0.717, 1.165) is 6.21 Å². The van der Waals surface area contributed by atoms with E-state index in [9.17, 15) is 14.7 Å². The number of hydrazone groups is 1. The lowest BCUT2D eigenvalue weighted by molar-refractivity contribution is -0.137. The Morgan fingerprint density at radius 1 is 1.04 bits per heavy atom. The van der Waals surface area contributed by atoms with E-state index in [1.807, 2.05) is 0 Å². The van der Waals surface area contributed by atoms with E-state index in [4.69, 9.17) is 4.74 Å². The predicted molar refractivity (Wildman–Crippen MR) is 95.0 cm³/mol. The Labute approximate surface area is 145 Å². The highest BCUT2D eigenvalue weighted by Gasteiger charge is 2.16. The van der Waals surface area contributed by atoms with Gasteiger partial charge in [-0.1, -0.05) is 48.5 Å². The number of hydrogen-bond donors (Lipinski definition) is 2. The highest BCUT2D eigenvalue weighted by atomic mass is 16.5. The van der Waals surface area contributed by atoms with Crippen molar-refractivity contribution < 1.29 is 19.4 Å². The molecule has 0 spiro atoms. The number of rotatable bonds is 6. The summed E-state index contributed by atoms with van der Waals surface area (Å²) in [5, 5.41) is 14.1. The number of aliphatic hydroxyl groups excluding tert-OH is 1. The number of esters is 1. The zero-order chi connectivity index (χ0) is 18.1. The molecule has 6 nitrogen and oxygen atoms in total. The van der Waals surface area contributed by atoms with Gasteiger partial charge < -0.3 is 9.84 Å². The molecule has 0 aliphatic carbocycles. The molecule has 0 aliphatic heterocycles. The first-order valence-corrected chi connectivity index (χ1v) is 7.67. The van der Waals surface area contributed by atoms with Crippen LogP contribution in [0.4, 0.5) is 0 Å². The number of benzene rings is 2. The average molecular weight is 338 g/mol. The molecule has 2 aromatic carbocycles. The zero-order valence-electron chi connectivity index (χ0n) is 13.7. The SMILES string of the molecule is CCOC(=O)C(C=NNC(=O)c1ccccc1)=C(O)c1ccccc1. The number of carbonyl (C=O) groups is 2. The van der Waals surface area contributed by atoms with E-state index < -0.39 is 11.9 Å². The highest BCUT2D eigenvalue weighted by Crippen LogP contribution is 2.15. The number of nitrogens with zero attached hydrogens (tertiary/aromatic N) is 1. The molecule has 0 fully saturated rings. The third kappa shape index (κ3) is 5.04. The molecule has 2 N–H and O–H groups in total. The Morgan fingerprint density at radius 2 is 1.60 bits per heavy atom. The second kappa shape index (κ2) is 9.02.